The van der Waals surface area contributed by atoms with Crippen LogP contribution < -0.4 is 14.8 Å². The number of methoxy groups -OCH3 is 2. The fourth-order valence-electron chi connectivity index (χ4n) is 1.75. The van der Waals surface area contributed by atoms with Gasteiger partial charge in [0.1, 0.15) is 0 Å². The summed E-state index contributed by atoms with van der Waals surface area (Å²) >= 11 is 0. The zero-order valence-electron chi connectivity index (χ0n) is 11.2. The van der Waals surface area contributed by atoms with Crippen molar-refractivity contribution in [2.75, 3.05) is 27.4 Å². The molecule has 5 heteroatoms. The molecule has 19 heavy (non-hydrogen) atoms. The van der Waals surface area contributed by atoms with Crippen LogP contribution in [-0.4, -0.2) is 38.4 Å². The second-order valence-corrected chi connectivity index (χ2v) is 3.84. The van der Waals surface area contributed by atoms with Crippen molar-refractivity contribution in [1.82, 2.24) is 5.32 Å². The summed E-state index contributed by atoms with van der Waals surface area (Å²) < 4.78 is 10.5. The van der Waals surface area contributed by atoms with Gasteiger partial charge in [-0.1, -0.05) is 6.08 Å². The summed E-state index contributed by atoms with van der Waals surface area (Å²) in [5.41, 5.74) is 1.29. The number of allylic oxidation sites excluding steroid dienone is 1. The number of aliphatic hydroxyl groups excluding tert-OH is 1. The van der Waals surface area contributed by atoms with Crippen LogP contribution in [0.5, 0.6) is 11.5 Å². The Labute approximate surface area is 112 Å². The maximum Gasteiger partial charge on any atom is 0.251 e. The number of amides is 1. The first-order valence-corrected chi connectivity index (χ1v) is 5.92. The van der Waals surface area contributed by atoms with Gasteiger partial charge in [-0.25, -0.2) is 0 Å². The van der Waals surface area contributed by atoms with Crippen LogP contribution in [0.4, 0.5) is 0 Å². The zero-order chi connectivity index (χ0) is 14.3. The maximum absolute atomic E-state index is 11.9. The molecule has 0 unspecified atom stereocenters. The number of carbonyl (C=O) groups is 1. The zero-order valence-corrected chi connectivity index (χ0v) is 11.2. The van der Waals surface area contributed by atoms with Crippen LogP contribution >= 0.6 is 0 Å². The van der Waals surface area contributed by atoms with Crippen LogP contribution in [0.1, 0.15) is 15.9 Å². The van der Waals surface area contributed by atoms with Gasteiger partial charge in [-0.3, -0.25) is 4.79 Å². The first kappa shape index (κ1) is 15.0. The van der Waals surface area contributed by atoms with Crippen molar-refractivity contribution in [2.45, 2.75) is 6.42 Å². The van der Waals surface area contributed by atoms with Gasteiger partial charge in [-0.2, -0.15) is 0 Å². The van der Waals surface area contributed by atoms with Crippen LogP contribution in [0.15, 0.2) is 24.8 Å². The van der Waals surface area contributed by atoms with Gasteiger partial charge >= 0.3 is 0 Å². The fraction of sp³-hybridized carbons (Fsp3) is 0.357. The molecule has 0 heterocycles. The van der Waals surface area contributed by atoms with E-state index in [2.05, 4.69) is 11.9 Å². The Morgan fingerprint density at radius 2 is 2.16 bits per heavy atom. The Bertz CT molecular complexity index is 457. The Balaban J connectivity index is 3.16. The summed E-state index contributed by atoms with van der Waals surface area (Å²) in [6.45, 7) is 3.79. The molecule has 1 rings (SSSR count). The smallest absolute Gasteiger partial charge is 0.251 e. The summed E-state index contributed by atoms with van der Waals surface area (Å²) in [5, 5.41) is 11.3. The molecule has 1 aromatic carbocycles. The predicted octanol–water partition coefficient (Wildman–Crippen LogP) is 1.15. The minimum absolute atomic E-state index is 0.0987. The number of aliphatic hydroxyl groups is 1. The molecule has 0 saturated heterocycles. The van der Waals surface area contributed by atoms with E-state index >= 15 is 0 Å². The lowest BCUT2D eigenvalue weighted by molar-refractivity contribution is 0.0944. The highest BCUT2D eigenvalue weighted by molar-refractivity contribution is 5.95. The molecule has 0 bridgehead atoms. The van der Waals surface area contributed by atoms with Crippen molar-refractivity contribution in [2.24, 2.45) is 0 Å². The van der Waals surface area contributed by atoms with E-state index in [9.17, 15) is 4.79 Å². The van der Waals surface area contributed by atoms with Crippen molar-refractivity contribution in [3.8, 4) is 11.5 Å². The molecule has 2 N–H and O–H groups in total. The average Bonchev–Trinajstić information content (AvgIpc) is 2.44. The normalized spacial score (nSPS) is 9.84. The second kappa shape index (κ2) is 7.43. The van der Waals surface area contributed by atoms with Crippen LogP contribution in [0, 0.1) is 0 Å². The first-order valence-electron chi connectivity index (χ1n) is 5.92. The molecule has 0 saturated carbocycles. The molecule has 0 aliphatic carbocycles. The fourth-order valence-corrected chi connectivity index (χ4v) is 1.75. The third kappa shape index (κ3) is 3.72. The first-order chi connectivity index (χ1) is 9.17. The monoisotopic (exact) mass is 265 g/mol. The van der Waals surface area contributed by atoms with Crippen LogP contribution in [0.25, 0.3) is 0 Å². The van der Waals surface area contributed by atoms with E-state index in [1.807, 2.05) is 0 Å². The quantitative estimate of drug-likeness (QED) is 0.726. The minimum atomic E-state index is -0.264. The van der Waals surface area contributed by atoms with E-state index < -0.39 is 0 Å². The van der Waals surface area contributed by atoms with E-state index in [-0.39, 0.29) is 19.1 Å². The van der Waals surface area contributed by atoms with Gasteiger partial charge in [0.2, 0.25) is 0 Å². The van der Waals surface area contributed by atoms with Crippen molar-refractivity contribution >= 4 is 5.91 Å². The Hall–Kier alpha value is -2.01. The molecule has 0 spiro atoms. The van der Waals surface area contributed by atoms with Gasteiger partial charge in [0.25, 0.3) is 5.91 Å². The molecule has 5 nitrogen and oxygen atoms in total. The summed E-state index contributed by atoms with van der Waals surface area (Å²) in [4.78, 5) is 11.9. The molecule has 104 valence electrons. The van der Waals surface area contributed by atoms with Crippen LogP contribution in [-0.2, 0) is 6.42 Å². The van der Waals surface area contributed by atoms with Crippen LogP contribution in [0.2, 0.25) is 0 Å². The lowest BCUT2D eigenvalue weighted by atomic mass is 10.0. The van der Waals surface area contributed by atoms with Crippen LogP contribution in [0.3, 0.4) is 0 Å². The molecule has 1 amide bonds. The molecule has 0 atom stereocenters. The lowest BCUT2D eigenvalue weighted by Crippen LogP contribution is -2.26. The molecule has 0 radical (unpaired) electrons. The van der Waals surface area contributed by atoms with Crippen molar-refractivity contribution < 1.29 is 19.4 Å². The highest BCUT2D eigenvalue weighted by atomic mass is 16.5. The van der Waals surface area contributed by atoms with Gasteiger partial charge in [0.15, 0.2) is 11.5 Å². The van der Waals surface area contributed by atoms with Gasteiger partial charge in [-0.15, -0.1) is 6.58 Å². The third-order valence-corrected chi connectivity index (χ3v) is 2.58. The highest BCUT2D eigenvalue weighted by Gasteiger charge is 2.15. The molecule has 0 fully saturated rings. The second-order valence-electron chi connectivity index (χ2n) is 3.84. The maximum atomic E-state index is 11.9. The topological polar surface area (TPSA) is 67.8 Å². The van der Waals surface area contributed by atoms with Gasteiger partial charge in [-0.05, 0) is 18.6 Å². The van der Waals surface area contributed by atoms with Crippen molar-refractivity contribution in [3.63, 3.8) is 0 Å². The van der Waals surface area contributed by atoms with E-state index in [0.29, 0.717) is 23.5 Å². The van der Waals surface area contributed by atoms with Gasteiger partial charge in [0, 0.05) is 17.7 Å². The highest BCUT2D eigenvalue weighted by Crippen LogP contribution is 2.33. The van der Waals surface area contributed by atoms with E-state index in [1.165, 1.54) is 7.11 Å². The Kier molecular flexibility index (Phi) is 5.89. The lowest BCUT2D eigenvalue weighted by Gasteiger charge is -2.14. The SMILES string of the molecule is C=CCc1cc(C(=O)NCCO)cc(OC)c1OC. The largest absolute Gasteiger partial charge is 0.493 e. The number of ether oxygens (including phenoxy) is 2. The number of rotatable bonds is 7. The standard InChI is InChI=1S/C14H19NO4/c1-4-5-10-8-11(14(17)15-6-7-16)9-12(18-2)13(10)19-3/h4,8-9,16H,1,5-7H2,2-3H3,(H,15,17). The van der Waals surface area contributed by atoms with E-state index in [1.54, 1.807) is 25.3 Å². The van der Waals surface area contributed by atoms with Gasteiger partial charge in [0.05, 0.1) is 20.8 Å². The molecule has 0 aliphatic heterocycles. The Morgan fingerprint density at radius 3 is 2.68 bits per heavy atom. The number of hydrogen-bond donors (Lipinski definition) is 2. The summed E-state index contributed by atoms with van der Waals surface area (Å²) in [6.07, 6.45) is 2.30. The molecule has 0 aliphatic rings. The molecular formula is C14H19NO4. The minimum Gasteiger partial charge on any atom is -0.493 e. The molecule has 0 aromatic heterocycles. The number of nitrogens with one attached hydrogen (secondary N) is 1. The van der Waals surface area contributed by atoms with E-state index in [0.717, 1.165) is 5.56 Å². The van der Waals surface area contributed by atoms with Gasteiger partial charge < -0.3 is 19.9 Å². The summed E-state index contributed by atoms with van der Waals surface area (Å²) in [7, 11) is 3.07. The summed E-state index contributed by atoms with van der Waals surface area (Å²) in [5.74, 6) is 0.831. The molecular weight excluding hydrogens is 246 g/mol. The average molecular weight is 265 g/mol. The predicted molar refractivity (Wildman–Crippen MR) is 72.9 cm³/mol. The Morgan fingerprint density at radius 1 is 1.42 bits per heavy atom. The number of hydrogen-bond acceptors (Lipinski definition) is 4. The van der Waals surface area contributed by atoms with Crippen molar-refractivity contribution in [3.05, 3.63) is 35.9 Å². The summed E-state index contributed by atoms with van der Waals surface area (Å²) in [6, 6.07) is 3.34. The number of carbonyl (C=O) groups excluding carboxylic acids is 1. The van der Waals surface area contributed by atoms with Crippen molar-refractivity contribution in [1.29, 1.82) is 0 Å². The number of benzene rings is 1. The molecule has 1 aromatic rings. The van der Waals surface area contributed by atoms with E-state index in [4.69, 9.17) is 14.6 Å². The third-order valence-electron chi connectivity index (χ3n) is 2.58.